The summed E-state index contributed by atoms with van der Waals surface area (Å²) in [6.45, 7) is -2.56. The average Bonchev–Trinajstić information content (AvgIpc) is 3.61. The van der Waals surface area contributed by atoms with E-state index < -0.39 is 77.1 Å². The molecule has 16 heteroatoms. The van der Waals surface area contributed by atoms with Gasteiger partial charge in [0.2, 0.25) is 11.5 Å². The van der Waals surface area contributed by atoms with Crippen LogP contribution in [-0.2, 0) is 15.8 Å². The van der Waals surface area contributed by atoms with Crippen LogP contribution in [0.5, 0.6) is 5.75 Å². The topological polar surface area (TPSA) is 132 Å². The molecule has 4 heterocycles. The van der Waals surface area contributed by atoms with Crippen molar-refractivity contribution in [3.8, 4) is 17.0 Å². The van der Waals surface area contributed by atoms with Gasteiger partial charge < -0.3 is 25.3 Å². The number of benzene rings is 1. The number of alkyl halides is 5. The van der Waals surface area contributed by atoms with Crippen molar-refractivity contribution in [2.75, 3.05) is 13.2 Å². The fraction of sp³-hybridized carbons (Fsp3) is 0.310. The number of carbonyl (C=O) groups excluding carboxylic acids is 2. The molecule has 1 unspecified atom stereocenters. The first-order valence-electron chi connectivity index (χ1n) is 13.4. The molecule has 2 aliphatic rings. The third-order valence-electron chi connectivity index (χ3n) is 8.01. The van der Waals surface area contributed by atoms with Crippen molar-refractivity contribution < 1.29 is 45.8 Å². The van der Waals surface area contributed by atoms with Gasteiger partial charge in [-0.2, -0.15) is 13.2 Å². The smallest absolute Gasteiger partial charge is 0.424 e. The number of nitrogens with two attached hydrogens (primary N) is 1. The molecular formula is C29H22ClF6N5O4. The SMILES string of the molecule is NC(=O)[C@@]1(C(F)F)COc2c1cc(C(O)(CNC(=O)c1cc(Cl)c3nc(C4CC4)cn3c1)C(F)(F)F)nc2-c1ccc(F)cc1. The summed E-state index contributed by atoms with van der Waals surface area (Å²) in [6.07, 6.45) is -4.24. The highest BCUT2D eigenvalue weighted by Crippen LogP contribution is 2.50. The second kappa shape index (κ2) is 10.6. The van der Waals surface area contributed by atoms with Gasteiger partial charge in [0.05, 0.1) is 28.5 Å². The highest BCUT2D eigenvalue weighted by atomic mass is 35.5. The molecule has 1 fully saturated rings. The summed E-state index contributed by atoms with van der Waals surface area (Å²) in [4.78, 5) is 33.7. The van der Waals surface area contributed by atoms with E-state index in [1.165, 1.54) is 16.7 Å². The number of hydrogen-bond acceptors (Lipinski definition) is 6. The van der Waals surface area contributed by atoms with Gasteiger partial charge in [-0.1, -0.05) is 11.6 Å². The number of rotatable bonds is 8. The highest BCUT2D eigenvalue weighted by molar-refractivity contribution is 6.33. The van der Waals surface area contributed by atoms with Crippen LogP contribution in [0.4, 0.5) is 26.3 Å². The van der Waals surface area contributed by atoms with Crippen molar-refractivity contribution in [3.05, 3.63) is 82.1 Å². The molecular weight excluding hydrogens is 632 g/mol. The van der Waals surface area contributed by atoms with Crippen LogP contribution in [0.25, 0.3) is 16.9 Å². The first-order chi connectivity index (χ1) is 21.2. The number of amides is 2. The molecule has 0 spiro atoms. The maximum Gasteiger partial charge on any atom is 0.424 e. The zero-order valence-corrected chi connectivity index (χ0v) is 23.6. The molecule has 4 aromatic rings. The molecule has 0 saturated heterocycles. The summed E-state index contributed by atoms with van der Waals surface area (Å²) in [6, 6.07) is 5.72. The first-order valence-corrected chi connectivity index (χ1v) is 13.8. The van der Waals surface area contributed by atoms with Gasteiger partial charge in [-0.15, -0.1) is 0 Å². The largest absolute Gasteiger partial charge is 0.489 e. The maximum atomic E-state index is 14.7. The Hall–Kier alpha value is -4.37. The number of carbonyl (C=O) groups is 2. The normalized spacial score (nSPS) is 19.3. The fourth-order valence-corrected chi connectivity index (χ4v) is 5.46. The summed E-state index contributed by atoms with van der Waals surface area (Å²) in [7, 11) is 0. The Morgan fingerprint density at radius 1 is 1.16 bits per heavy atom. The lowest BCUT2D eigenvalue weighted by atomic mass is 9.80. The Balaban J connectivity index is 1.42. The molecule has 1 saturated carbocycles. The van der Waals surface area contributed by atoms with Crippen LogP contribution in [0, 0.1) is 5.82 Å². The third-order valence-corrected chi connectivity index (χ3v) is 8.29. The molecule has 0 radical (unpaired) electrons. The van der Waals surface area contributed by atoms with Crippen LogP contribution in [0.3, 0.4) is 0 Å². The standard InChI is InChI=1S/C29H22ClF6N5O4/c30-18-7-15(9-41-10-19(13-1-2-13)39-23(18)41)24(42)38-11-28(44,29(34,35)36)20-8-17-22(45-12-27(17,25(32)33)26(37)43)21(40-20)14-3-5-16(31)6-4-14/h3-10,13,25,44H,1-2,11-12H2,(H2,37,43)(H,38,42)/t27-,28?/m0/s1. The Morgan fingerprint density at radius 3 is 2.44 bits per heavy atom. The zero-order chi connectivity index (χ0) is 32.5. The van der Waals surface area contributed by atoms with E-state index in [0.29, 0.717) is 11.7 Å². The molecule has 45 heavy (non-hydrogen) atoms. The first kappa shape index (κ1) is 30.6. The van der Waals surface area contributed by atoms with Crippen molar-refractivity contribution in [2.24, 2.45) is 5.73 Å². The molecule has 1 aromatic carbocycles. The summed E-state index contributed by atoms with van der Waals surface area (Å²) < 4.78 is 93.2. The number of nitrogens with zero attached hydrogens (tertiary/aromatic N) is 3. The maximum absolute atomic E-state index is 14.7. The lowest BCUT2D eigenvalue weighted by Crippen LogP contribution is -2.52. The van der Waals surface area contributed by atoms with Gasteiger partial charge in [0, 0.05) is 29.4 Å². The Bertz CT molecular complexity index is 1850. The molecule has 2 amide bonds. The summed E-state index contributed by atoms with van der Waals surface area (Å²) in [5.74, 6) is -3.63. The summed E-state index contributed by atoms with van der Waals surface area (Å²) >= 11 is 6.28. The minimum Gasteiger partial charge on any atom is -0.489 e. The molecule has 1 aliphatic carbocycles. The summed E-state index contributed by atoms with van der Waals surface area (Å²) in [5, 5.41) is 13.2. The van der Waals surface area contributed by atoms with Gasteiger partial charge in [0.25, 0.3) is 12.3 Å². The molecule has 6 rings (SSSR count). The van der Waals surface area contributed by atoms with E-state index in [9.17, 15) is 41.0 Å². The van der Waals surface area contributed by atoms with Crippen LogP contribution < -0.4 is 15.8 Å². The molecule has 236 valence electrons. The van der Waals surface area contributed by atoms with E-state index >= 15 is 0 Å². The van der Waals surface area contributed by atoms with Crippen LogP contribution >= 0.6 is 11.6 Å². The predicted octanol–water partition coefficient (Wildman–Crippen LogP) is 4.63. The van der Waals surface area contributed by atoms with Crippen LogP contribution in [0.15, 0.2) is 48.8 Å². The number of fused-ring (bicyclic) bond motifs is 2. The van der Waals surface area contributed by atoms with E-state index in [1.807, 2.05) is 5.32 Å². The second-order valence-corrected chi connectivity index (χ2v) is 11.4. The number of halogens is 7. The number of imidazole rings is 1. The summed E-state index contributed by atoms with van der Waals surface area (Å²) in [5.41, 5.74) is -3.22. The lowest BCUT2D eigenvalue weighted by molar-refractivity contribution is -0.265. The number of primary amides is 1. The molecule has 4 N–H and O–H groups in total. The minimum absolute atomic E-state index is 0.0552. The lowest BCUT2D eigenvalue weighted by Gasteiger charge is -2.32. The Labute approximate surface area is 255 Å². The quantitative estimate of drug-likeness (QED) is 0.238. The van der Waals surface area contributed by atoms with E-state index in [4.69, 9.17) is 22.1 Å². The van der Waals surface area contributed by atoms with Gasteiger partial charge >= 0.3 is 6.18 Å². The highest BCUT2D eigenvalue weighted by Gasteiger charge is 2.60. The van der Waals surface area contributed by atoms with Gasteiger partial charge in [-0.3, -0.25) is 9.59 Å². The van der Waals surface area contributed by atoms with Crippen molar-refractivity contribution in [1.29, 1.82) is 0 Å². The predicted molar refractivity (Wildman–Crippen MR) is 146 cm³/mol. The van der Waals surface area contributed by atoms with Crippen LogP contribution in [0.1, 0.15) is 46.1 Å². The fourth-order valence-electron chi connectivity index (χ4n) is 5.20. The Morgan fingerprint density at radius 2 is 1.84 bits per heavy atom. The van der Waals surface area contributed by atoms with Gasteiger partial charge in [0.1, 0.15) is 23.9 Å². The van der Waals surface area contributed by atoms with Gasteiger partial charge in [-0.05, 0) is 49.2 Å². The number of aliphatic hydroxyl groups is 1. The average molecular weight is 654 g/mol. The zero-order valence-electron chi connectivity index (χ0n) is 22.8. The molecule has 3 aromatic heterocycles. The van der Waals surface area contributed by atoms with Crippen molar-refractivity contribution in [3.63, 3.8) is 0 Å². The van der Waals surface area contributed by atoms with Crippen molar-refractivity contribution in [2.45, 2.75) is 42.4 Å². The van der Waals surface area contributed by atoms with E-state index in [0.717, 1.165) is 42.8 Å². The van der Waals surface area contributed by atoms with Gasteiger partial charge in [-0.25, -0.2) is 23.1 Å². The third kappa shape index (κ3) is 5.03. The van der Waals surface area contributed by atoms with Crippen LogP contribution in [-0.4, -0.2) is 57.0 Å². The number of hydrogen-bond donors (Lipinski definition) is 3. The number of ether oxygens (including phenoxy) is 1. The van der Waals surface area contributed by atoms with E-state index in [1.54, 1.807) is 6.20 Å². The minimum atomic E-state index is -5.55. The van der Waals surface area contributed by atoms with E-state index in [-0.39, 0.29) is 22.1 Å². The van der Waals surface area contributed by atoms with Gasteiger partial charge in [0.15, 0.2) is 11.1 Å². The molecule has 0 bridgehead atoms. The monoisotopic (exact) mass is 653 g/mol. The number of nitrogens with one attached hydrogen (secondary N) is 1. The van der Waals surface area contributed by atoms with Crippen LogP contribution in [0.2, 0.25) is 5.02 Å². The Kier molecular flexibility index (Phi) is 7.23. The van der Waals surface area contributed by atoms with Crippen molar-refractivity contribution in [1.82, 2.24) is 19.7 Å². The second-order valence-electron chi connectivity index (χ2n) is 11.0. The molecule has 9 nitrogen and oxygen atoms in total. The molecule has 2 atom stereocenters. The van der Waals surface area contributed by atoms with Crippen molar-refractivity contribution >= 4 is 29.1 Å². The number of aromatic nitrogens is 3. The molecule has 1 aliphatic heterocycles. The number of pyridine rings is 2. The van der Waals surface area contributed by atoms with E-state index in [2.05, 4.69) is 9.97 Å².